The van der Waals surface area contributed by atoms with Gasteiger partial charge in [-0.1, -0.05) is 24.3 Å². The summed E-state index contributed by atoms with van der Waals surface area (Å²) in [6.45, 7) is -0.114. The number of ether oxygens (including phenoxy) is 3. The van der Waals surface area contributed by atoms with Crippen LogP contribution >= 0.6 is 11.3 Å². The third-order valence-corrected chi connectivity index (χ3v) is 6.29. The lowest BCUT2D eigenvalue weighted by Gasteiger charge is -2.11. The summed E-state index contributed by atoms with van der Waals surface area (Å²) in [5, 5.41) is 5.95. The average Bonchev–Trinajstić information content (AvgIpc) is 3.23. The molecule has 4 aromatic rings. The molecule has 180 valence electrons. The zero-order valence-electron chi connectivity index (χ0n) is 19.1. The molecular formula is C26H23FN2O5S. The predicted molar refractivity (Wildman–Crippen MR) is 134 cm³/mol. The van der Waals surface area contributed by atoms with Gasteiger partial charge in [0.15, 0.2) is 18.1 Å². The van der Waals surface area contributed by atoms with E-state index in [2.05, 4.69) is 10.6 Å². The summed E-state index contributed by atoms with van der Waals surface area (Å²) in [7, 11) is 3.02. The number of hydrogen-bond donors (Lipinski definition) is 2. The lowest BCUT2D eigenvalue weighted by molar-refractivity contribution is -0.118. The molecule has 35 heavy (non-hydrogen) atoms. The van der Waals surface area contributed by atoms with Crippen molar-refractivity contribution in [2.75, 3.05) is 31.5 Å². The second kappa shape index (κ2) is 11.0. The first-order valence-corrected chi connectivity index (χ1v) is 11.5. The first-order valence-electron chi connectivity index (χ1n) is 10.7. The number of fused-ring (bicyclic) bond motifs is 1. The fourth-order valence-corrected chi connectivity index (χ4v) is 4.69. The first kappa shape index (κ1) is 24.2. The number of nitrogens with one attached hydrogen (secondary N) is 2. The van der Waals surface area contributed by atoms with Crippen LogP contribution in [0.2, 0.25) is 0 Å². The van der Waals surface area contributed by atoms with E-state index in [1.54, 1.807) is 60.7 Å². The zero-order chi connectivity index (χ0) is 24.8. The zero-order valence-corrected chi connectivity index (χ0v) is 19.9. The van der Waals surface area contributed by atoms with Crippen LogP contribution in [0.4, 0.5) is 15.8 Å². The van der Waals surface area contributed by atoms with Crippen LogP contribution in [0.25, 0.3) is 10.1 Å². The second-order valence-electron chi connectivity index (χ2n) is 7.48. The Bertz CT molecular complexity index is 1370. The fraction of sp³-hybridized carbons (Fsp3) is 0.154. The quantitative estimate of drug-likeness (QED) is 0.323. The summed E-state index contributed by atoms with van der Waals surface area (Å²) in [5.41, 5.74) is 1.46. The fourth-order valence-electron chi connectivity index (χ4n) is 3.57. The molecule has 1 heterocycles. The van der Waals surface area contributed by atoms with Gasteiger partial charge in [-0.15, -0.1) is 11.3 Å². The number of rotatable bonds is 9. The number of carbonyl (C=O) groups excluding carboxylic acids is 2. The molecule has 0 aliphatic carbocycles. The molecule has 0 atom stereocenters. The topological polar surface area (TPSA) is 85.9 Å². The maximum absolute atomic E-state index is 14.4. The number of benzene rings is 3. The van der Waals surface area contributed by atoms with E-state index in [0.29, 0.717) is 43.4 Å². The lowest BCUT2D eigenvalue weighted by atomic mass is 10.1. The summed E-state index contributed by atoms with van der Waals surface area (Å²) < 4.78 is 31.1. The molecule has 1 aromatic heterocycles. The lowest BCUT2D eigenvalue weighted by Crippen LogP contribution is -2.20. The smallest absolute Gasteiger partial charge is 0.266 e. The van der Waals surface area contributed by atoms with Crippen LogP contribution < -0.4 is 20.1 Å². The Morgan fingerprint density at radius 1 is 0.914 bits per heavy atom. The van der Waals surface area contributed by atoms with Gasteiger partial charge < -0.3 is 24.8 Å². The van der Waals surface area contributed by atoms with E-state index in [1.807, 2.05) is 0 Å². The van der Waals surface area contributed by atoms with Gasteiger partial charge in [-0.2, -0.15) is 0 Å². The predicted octanol–water partition coefficient (Wildman–Crippen LogP) is 5.47. The molecular weight excluding hydrogens is 471 g/mol. The first-order chi connectivity index (χ1) is 17.0. The molecule has 0 radical (unpaired) electrons. The molecule has 0 aliphatic rings. The highest BCUT2D eigenvalue weighted by atomic mass is 32.1. The maximum Gasteiger partial charge on any atom is 0.266 e. The van der Waals surface area contributed by atoms with Gasteiger partial charge in [0.05, 0.1) is 18.6 Å². The second-order valence-corrected chi connectivity index (χ2v) is 8.53. The van der Waals surface area contributed by atoms with Gasteiger partial charge in [0, 0.05) is 34.1 Å². The van der Waals surface area contributed by atoms with Crippen molar-refractivity contribution in [3.63, 3.8) is 0 Å². The molecule has 0 aliphatic heterocycles. The normalized spacial score (nSPS) is 10.7. The Morgan fingerprint density at radius 3 is 2.37 bits per heavy atom. The van der Waals surface area contributed by atoms with Gasteiger partial charge in [0.1, 0.15) is 5.82 Å². The van der Waals surface area contributed by atoms with Crippen molar-refractivity contribution in [2.45, 2.75) is 6.61 Å². The summed E-state index contributed by atoms with van der Waals surface area (Å²) >= 11 is 1.20. The number of thiophene rings is 1. The van der Waals surface area contributed by atoms with Crippen LogP contribution in [-0.4, -0.2) is 32.6 Å². The van der Waals surface area contributed by atoms with E-state index in [9.17, 15) is 14.0 Å². The SMILES string of the molecule is COCc1c(C(=O)Nc2cccc(NC(=O)COc3ccccc3OC)c2)sc2cccc(F)c12. The number of carbonyl (C=O) groups is 2. The van der Waals surface area contributed by atoms with E-state index in [-0.39, 0.29) is 25.0 Å². The minimum absolute atomic E-state index is 0.103. The maximum atomic E-state index is 14.4. The van der Waals surface area contributed by atoms with Crippen molar-refractivity contribution in [1.29, 1.82) is 0 Å². The minimum Gasteiger partial charge on any atom is -0.493 e. The number of hydrogen-bond acceptors (Lipinski definition) is 6. The summed E-state index contributed by atoms with van der Waals surface area (Å²) in [6, 6.07) is 18.5. The number of para-hydroxylation sites is 2. The van der Waals surface area contributed by atoms with Gasteiger partial charge in [0.2, 0.25) is 0 Å². The van der Waals surface area contributed by atoms with Crippen LogP contribution in [0, 0.1) is 5.82 Å². The molecule has 4 rings (SSSR count). The molecule has 0 bridgehead atoms. The third-order valence-electron chi connectivity index (χ3n) is 5.09. The van der Waals surface area contributed by atoms with Crippen LogP contribution in [0.3, 0.4) is 0 Å². The molecule has 2 amide bonds. The van der Waals surface area contributed by atoms with Crippen LogP contribution in [0.5, 0.6) is 11.5 Å². The van der Waals surface area contributed by atoms with Crippen molar-refractivity contribution in [3.05, 3.63) is 83.0 Å². The molecule has 0 saturated heterocycles. The Labute approximate surface area is 205 Å². The van der Waals surface area contributed by atoms with Crippen LogP contribution in [0.1, 0.15) is 15.2 Å². The standard InChI is InChI=1S/C26H23FN2O5S/c1-32-14-18-24-19(27)9-6-12-22(24)35-25(18)26(31)29-17-8-5-7-16(13-17)28-23(30)15-34-21-11-4-3-10-20(21)33-2/h3-13H,14-15H2,1-2H3,(H,28,30)(H,29,31). The third kappa shape index (κ3) is 5.59. The largest absolute Gasteiger partial charge is 0.493 e. The molecule has 0 unspecified atom stereocenters. The van der Waals surface area contributed by atoms with E-state index < -0.39 is 5.82 Å². The van der Waals surface area contributed by atoms with E-state index in [1.165, 1.54) is 31.6 Å². The highest BCUT2D eigenvalue weighted by Gasteiger charge is 2.21. The molecule has 0 fully saturated rings. The van der Waals surface area contributed by atoms with Crippen LogP contribution in [-0.2, 0) is 16.1 Å². The molecule has 9 heteroatoms. The monoisotopic (exact) mass is 494 g/mol. The van der Waals surface area contributed by atoms with Gasteiger partial charge in [-0.25, -0.2) is 4.39 Å². The highest BCUT2D eigenvalue weighted by molar-refractivity contribution is 7.21. The van der Waals surface area contributed by atoms with E-state index in [0.717, 1.165) is 0 Å². The van der Waals surface area contributed by atoms with Crippen molar-refractivity contribution in [3.8, 4) is 11.5 Å². The van der Waals surface area contributed by atoms with Gasteiger partial charge >= 0.3 is 0 Å². The van der Waals surface area contributed by atoms with Crippen molar-refractivity contribution < 1.29 is 28.2 Å². The van der Waals surface area contributed by atoms with Gasteiger partial charge in [-0.3, -0.25) is 9.59 Å². The number of halogens is 1. The highest BCUT2D eigenvalue weighted by Crippen LogP contribution is 2.34. The number of anilines is 2. The Morgan fingerprint density at radius 2 is 1.63 bits per heavy atom. The van der Waals surface area contributed by atoms with Crippen molar-refractivity contribution in [1.82, 2.24) is 0 Å². The minimum atomic E-state index is -0.398. The Balaban J connectivity index is 1.45. The van der Waals surface area contributed by atoms with Crippen molar-refractivity contribution in [2.24, 2.45) is 0 Å². The Kier molecular flexibility index (Phi) is 7.59. The summed E-state index contributed by atoms with van der Waals surface area (Å²) in [4.78, 5) is 25.8. The van der Waals surface area contributed by atoms with E-state index >= 15 is 0 Å². The van der Waals surface area contributed by atoms with Crippen molar-refractivity contribution >= 4 is 44.6 Å². The summed E-state index contributed by atoms with van der Waals surface area (Å²) in [6.07, 6.45) is 0. The number of methoxy groups -OCH3 is 2. The average molecular weight is 495 g/mol. The molecule has 7 nitrogen and oxygen atoms in total. The summed E-state index contributed by atoms with van der Waals surface area (Å²) in [5.74, 6) is -0.177. The Hall–Kier alpha value is -3.95. The van der Waals surface area contributed by atoms with E-state index in [4.69, 9.17) is 14.2 Å². The van der Waals surface area contributed by atoms with Gasteiger partial charge in [0.25, 0.3) is 11.8 Å². The van der Waals surface area contributed by atoms with Gasteiger partial charge in [-0.05, 0) is 42.5 Å². The molecule has 3 aromatic carbocycles. The molecule has 2 N–H and O–H groups in total. The number of amides is 2. The molecule has 0 saturated carbocycles. The molecule has 0 spiro atoms. The van der Waals surface area contributed by atoms with Crippen LogP contribution in [0.15, 0.2) is 66.7 Å².